The van der Waals surface area contributed by atoms with Gasteiger partial charge in [0.2, 0.25) is 0 Å². The van der Waals surface area contributed by atoms with Crippen LogP contribution in [-0.2, 0) is 10.0 Å². The van der Waals surface area contributed by atoms with Gasteiger partial charge in [-0.25, -0.2) is 17.4 Å². The van der Waals surface area contributed by atoms with Crippen molar-refractivity contribution in [2.24, 2.45) is 11.7 Å². The molecule has 1 saturated carbocycles. The van der Waals surface area contributed by atoms with Crippen molar-refractivity contribution in [1.29, 1.82) is 0 Å². The first-order valence-corrected chi connectivity index (χ1v) is 13.1. The van der Waals surface area contributed by atoms with E-state index in [1.54, 1.807) is 43.5 Å². The largest absolute Gasteiger partial charge is 0.364 e. The maximum Gasteiger partial charge on any atom is 0.268 e. The van der Waals surface area contributed by atoms with Gasteiger partial charge in [0, 0.05) is 40.5 Å². The normalized spacial score (nSPS) is 16.9. The molecule has 3 N–H and O–H groups in total. The molecule has 188 valence electrons. The van der Waals surface area contributed by atoms with E-state index in [1.165, 1.54) is 24.5 Å². The molecule has 10 heteroatoms. The minimum Gasteiger partial charge on any atom is -0.364 e. The Labute approximate surface area is 214 Å². The molecule has 3 aromatic heterocycles. The molecule has 0 spiro atoms. The van der Waals surface area contributed by atoms with E-state index in [-0.39, 0.29) is 33.8 Å². The Bertz CT molecular complexity index is 1690. The van der Waals surface area contributed by atoms with Crippen LogP contribution in [-0.4, -0.2) is 40.2 Å². The molecule has 1 aliphatic carbocycles. The summed E-state index contributed by atoms with van der Waals surface area (Å²) in [6.45, 7) is 7.82. The highest BCUT2D eigenvalue weighted by Crippen LogP contribution is 2.32. The number of carbonyl (C=O) groups is 2. The highest BCUT2D eigenvalue weighted by Gasteiger charge is 2.34. The van der Waals surface area contributed by atoms with Crippen molar-refractivity contribution in [1.82, 2.24) is 19.3 Å². The molecular formula is C27H25N5O4S. The number of amides is 2. The third-order valence-electron chi connectivity index (χ3n) is 6.69. The fourth-order valence-electron chi connectivity index (χ4n) is 4.34. The number of nitrogens with two attached hydrogens (primary N) is 1. The summed E-state index contributed by atoms with van der Waals surface area (Å²) in [6, 6.07) is 11.4. The second-order valence-corrected chi connectivity index (χ2v) is 11.0. The van der Waals surface area contributed by atoms with Gasteiger partial charge in [-0.1, -0.05) is 31.7 Å². The van der Waals surface area contributed by atoms with Crippen LogP contribution < -0.4 is 11.1 Å². The standard InChI is InChI=1S/C27H25N5O4S/c1-15-11-22(15)31-27(34)20-12-23(30-25(17(20)3)26(28)33)16(2)21-13-29-14-24-19(21)9-10-32(24)37(35,36)18-7-5-4-6-8-18/h4-10,12-15,22H,2,11H2,1,3H3,(H2,28,33)(H,31,34)/t15-,22-/m0/s1. The Morgan fingerprint density at radius 1 is 1.14 bits per heavy atom. The highest BCUT2D eigenvalue weighted by atomic mass is 32.2. The molecule has 0 aliphatic heterocycles. The number of pyridine rings is 2. The molecular weight excluding hydrogens is 490 g/mol. The van der Waals surface area contributed by atoms with E-state index in [2.05, 4.69) is 21.9 Å². The average molecular weight is 516 g/mol. The molecule has 0 unspecified atom stereocenters. The van der Waals surface area contributed by atoms with Crippen LogP contribution in [0, 0.1) is 12.8 Å². The predicted molar refractivity (Wildman–Crippen MR) is 139 cm³/mol. The van der Waals surface area contributed by atoms with E-state index in [9.17, 15) is 18.0 Å². The van der Waals surface area contributed by atoms with E-state index >= 15 is 0 Å². The van der Waals surface area contributed by atoms with Crippen molar-refractivity contribution >= 4 is 38.3 Å². The van der Waals surface area contributed by atoms with Crippen LogP contribution in [0.3, 0.4) is 0 Å². The van der Waals surface area contributed by atoms with Gasteiger partial charge in [-0.15, -0.1) is 0 Å². The number of carbonyl (C=O) groups excluding carboxylic acids is 2. The van der Waals surface area contributed by atoms with Gasteiger partial charge in [-0.2, -0.15) is 0 Å². The zero-order valence-corrected chi connectivity index (χ0v) is 21.1. The molecule has 4 aromatic rings. The second kappa shape index (κ2) is 8.97. The predicted octanol–water partition coefficient (Wildman–Crippen LogP) is 3.28. The van der Waals surface area contributed by atoms with Gasteiger partial charge in [0.1, 0.15) is 5.69 Å². The number of aromatic nitrogens is 3. The SMILES string of the molecule is C=C(c1cc(C(=O)N[C@H]2C[C@@H]2C)c(C)c(C(N)=O)n1)c1cncc2c1ccn2S(=O)(=O)c1ccccc1. The topological polar surface area (TPSA) is 137 Å². The number of fused-ring (bicyclic) bond motifs is 1. The van der Waals surface area contributed by atoms with Crippen molar-refractivity contribution in [3.8, 4) is 0 Å². The number of nitrogens with one attached hydrogen (secondary N) is 1. The Morgan fingerprint density at radius 2 is 1.84 bits per heavy atom. The Kier molecular flexibility index (Phi) is 5.91. The van der Waals surface area contributed by atoms with Crippen molar-refractivity contribution < 1.29 is 18.0 Å². The summed E-state index contributed by atoms with van der Waals surface area (Å²) < 4.78 is 27.7. The average Bonchev–Trinajstić information content (AvgIpc) is 3.38. The number of nitrogens with zero attached hydrogens (tertiary/aromatic N) is 3. The fourth-order valence-corrected chi connectivity index (χ4v) is 5.69. The molecule has 5 rings (SSSR count). The molecule has 37 heavy (non-hydrogen) atoms. The molecule has 0 radical (unpaired) electrons. The minimum absolute atomic E-state index is 0.0306. The zero-order chi connectivity index (χ0) is 26.5. The number of hydrogen-bond acceptors (Lipinski definition) is 6. The van der Waals surface area contributed by atoms with E-state index in [4.69, 9.17) is 5.73 Å². The summed E-state index contributed by atoms with van der Waals surface area (Å²) in [7, 11) is -3.86. The van der Waals surface area contributed by atoms with Crippen LogP contribution in [0.15, 0.2) is 72.5 Å². The summed E-state index contributed by atoms with van der Waals surface area (Å²) in [6.07, 6.45) is 5.36. The van der Waals surface area contributed by atoms with Crippen LogP contribution in [0.5, 0.6) is 0 Å². The first kappa shape index (κ1) is 24.4. The van der Waals surface area contributed by atoms with Crippen LogP contribution >= 0.6 is 0 Å². The molecule has 9 nitrogen and oxygen atoms in total. The molecule has 0 bridgehead atoms. The van der Waals surface area contributed by atoms with E-state index in [0.29, 0.717) is 33.5 Å². The summed E-state index contributed by atoms with van der Waals surface area (Å²) >= 11 is 0. The molecule has 3 heterocycles. The highest BCUT2D eigenvalue weighted by molar-refractivity contribution is 7.90. The number of primary amides is 1. The minimum atomic E-state index is -3.86. The van der Waals surface area contributed by atoms with Gasteiger partial charge in [0.25, 0.3) is 21.8 Å². The quantitative estimate of drug-likeness (QED) is 0.388. The zero-order valence-electron chi connectivity index (χ0n) is 20.3. The van der Waals surface area contributed by atoms with E-state index < -0.39 is 15.9 Å². The molecule has 0 saturated heterocycles. The lowest BCUT2D eigenvalue weighted by Gasteiger charge is -2.14. The second-order valence-electron chi connectivity index (χ2n) is 9.21. The monoisotopic (exact) mass is 515 g/mol. The molecule has 2 amide bonds. The van der Waals surface area contributed by atoms with E-state index in [0.717, 1.165) is 10.4 Å². The third kappa shape index (κ3) is 4.29. The number of rotatable bonds is 7. The van der Waals surface area contributed by atoms with Crippen molar-refractivity contribution in [2.45, 2.75) is 31.2 Å². The summed E-state index contributed by atoms with van der Waals surface area (Å²) in [5.74, 6) is -0.685. The van der Waals surface area contributed by atoms with Gasteiger partial charge >= 0.3 is 0 Å². The van der Waals surface area contributed by atoms with Crippen molar-refractivity contribution in [2.75, 3.05) is 0 Å². The van der Waals surface area contributed by atoms with Crippen LogP contribution in [0.1, 0.15) is 51.0 Å². The maximum atomic E-state index is 13.3. The lowest BCUT2D eigenvalue weighted by Crippen LogP contribution is -2.29. The number of benzene rings is 1. The first-order valence-electron chi connectivity index (χ1n) is 11.7. The Balaban J connectivity index is 1.59. The van der Waals surface area contributed by atoms with Crippen LogP contribution in [0.25, 0.3) is 16.5 Å². The maximum absolute atomic E-state index is 13.3. The van der Waals surface area contributed by atoms with Gasteiger partial charge in [-0.3, -0.25) is 14.6 Å². The lowest BCUT2D eigenvalue weighted by atomic mass is 9.98. The Hall–Kier alpha value is -4.31. The summed E-state index contributed by atoms with van der Waals surface area (Å²) in [5.41, 5.74) is 7.70. The summed E-state index contributed by atoms with van der Waals surface area (Å²) in [5, 5.41) is 3.54. The molecule has 1 fully saturated rings. The van der Waals surface area contributed by atoms with Gasteiger partial charge in [-0.05, 0) is 49.1 Å². The molecule has 1 aliphatic rings. The van der Waals surface area contributed by atoms with Crippen LogP contribution in [0.4, 0.5) is 0 Å². The lowest BCUT2D eigenvalue weighted by molar-refractivity contribution is 0.0948. The fraction of sp³-hybridized carbons (Fsp3) is 0.185. The Morgan fingerprint density at radius 3 is 2.49 bits per heavy atom. The van der Waals surface area contributed by atoms with Crippen molar-refractivity contribution in [3.63, 3.8) is 0 Å². The molecule has 1 aromatic carbocycles. The molecule has 2 atom stereocenters. The first-order chi connectivity index (χ1) is 17.6. The van der Waals surface area contributed by atoms with Gasteiger partial charge in [0.15, 0.2) is 0 Å². The smallest absolute Gasteiger partial charge is 0.268 e. The van der Waals surface area contributed by atoms with Crippen LogP contribution in [0.2, 0.25) is 0 Å². The van der Waals surface area contributed by atoms with E-state index in [1.807, 2.05) is 6.92 Å². The van der Waals surface area contributed by atoms with Gasteiger partial charge < -0.3 is 11.1 Å². The van der Waals surface area contributed by atoms with Gasteiger partial charge in [0.05, 0.1) is 22.3 Å². The van der Waals surface area contributed by atoms with Crippen molar-refractivity contribution in [3.05, 3.63) is 95.7 Å². The summed E-state index contributed by atoms with van der Waals surface area (Å²) in [4.78, 5) is 34.0. The third-order valence-corrected chi connectivity index (χ3v) is 8.40. The number of hydrogen-bond donors (Lipinski definition) is 2.